The molecule has 6 nitrogen and oxygen atoms in total. The average Bonchev–Trinajstić information content (AvgIpc) is 2.15. The number of methoxy groups -OCH3 is 2. The van der Waals surface area contributed by atoms with Crippen LogP contribution in [0.25, 0.3) is 0 Å². The Morgan fingerprint density at radius 2 is 1.79 bits per heavy atom. The van der Waals surface area contributed by atoms with Gasteiger partial charge >= 0.3 is 0 Å². The van der Waals surface area contributed by atoms with E-state index in [1.165, 1.54) is 14.2 Å². The Balaban J connectivity index is 2.62. The molecule has 1 aliphatic heterocycles. The van der Waals surface area contributed by atoms with Gasteiger partial charge in [-0.15, -0.1) is 0 Å². The zero-order valence-electron chi connectivity index (χ0n) is 8.16. The SMILES string of the molecule is COC[C@H]1OC(O)[C@H](OC)[C@@H](O)[C@H]1O. The molecule has 1 fully saturated rings. The highest BCUT2D eigenvalue weighted by atomic mass is 16.7. The summed E-state index contributed by atoms with van der Waals surface area (Å²) >= 11 is 0. The second kappa shape index (κ2) is 5.01. The first-order valence-electron chi connectivity index (χ1n) is 4.33. The van der Waals surface area contributed by atoms with Gasteiger partial charge in [-0.2, -0.15) is 0 Å². The van der Waals surface area contributed by atoms with Crippen LogP contribution in [0.3, 0.4) is 0 Å². The molecule has 1 aliphatic rings. The summed E-state index contributed by atoms with van der Waals surface area (Å²) in [5.74, 6) is 0. The van der Waals surface area contributed by atoms with E-state index in [1.807, 2.05) is 0 Å². The lowest BCUT2D eigenvalue weighted by Crippen LogP contribution is -2.59. The van der Waals surface area contributed by atoms with Gasteiger partial charge in [-0.3, -0.25) is 0 Å². The van der Waals surface area contributed by atoms with Crippen LogP contribution in [0.5, 0.6) is 0 Å². The highest BCUT2D eigenvalue weighted by Crippen LogP contribution is 2.21. The maximum Gasteiger partial charge on any atom is 0.184 e. The van der Waals surface area contributed by atoms with Crippen LogP contribution >= 0.6 is 0 Å². The normalized spacial score (nSPS) is 43.9. The number of rotatable bonds is 3. The Labute approximate surface area is 82.0 Å². The fraction of sp³-hybridized carbons (Fsp3) is 1.00. The fourth-order valence-electron chi connectivity index (χ4n) is 1.48. The number of ether oxygens (including phenoxy) is 3. The third kappa shape index (κ3) is 2.22. The van der Waals surface area contributed by atoms with E-state index in [9.17, 15) is 15.3 Å². The van der Waals surface area contributed by atoms with Gasteiger partial charge in [0.2, 0.25) is 0 Å². The van der Waals surface area contributed by atoms with Gasteiger partial charge in [-0.1, -0.05) is 0 Å². The maximum atomic E-state index is 9.54. The standard InChI is InChI=1S/C8H16O6/c1-12-3-4-5(9)6(10)7(13-2)8(11)14-4/h4-11H,3H2,1-2H3/t4-,5+,6+,7-,8?/m1/s1. The summed E-state index contributed by atoms with van der Waals surface area (Å²) in [7, 11) is 2.76. The molecule has 0 bridgehead atoms. The molecule has 1 heterocycles. The third-order valence-corrected chi connectivity index (χ3v) is 2.27. The first-order chi connectivity index (χ1) is 6.61. The van der Waals surface area contributed by atoms with Crippen molar-refractivity contribution in [2.45, 2.75) is 30.7 Å². The monoisotopic (exact) mass is 208 g/mol. The second-order valence-corrected chi connectivity index (χ2v) is 3.20. The molecule has 6 heteroatoms. The van der Waals surface area contributed by atoms with Gasteiger partial charge in [-0.25, -0.2) is 0 Å². The zero-order chi connectivity index (χ0) is 10.7. The van der Waals surface area contributed by atoms with Gasteiger partial charge < -0.3 is 29.5 Å². The van der Waals surface area contributed by atoms with Crippen molar-refractivity contribution in [1.29, 1.82) is 0 Å². The second-order valence-electron chi connectivity index (χ2n) is 3.20. The summed E-state index contributed by atoms with van der Waals surface area (Å²) in [6, 6.07) is 0. The van der Waals surface area contributed by atoms with E-state index in [-0.39, 0.29) is 6.61 Å². The van der Waals surface area contributed by atoms with Gasteiger partial charge in [0.15, 0.2) is 6.29 Å². The third-order valence-electron chi connectivity index (χ3n) is 2.27. The number of aliphatic hydroxyl groups excluding tert-OH is 3. The molecule has 0 aromatic heterocycles. The van der Waals surface area contributed by atoms with Crippen LogP contribution < -0.4 is 0 Å². The molecule has 0 amide bonds. The summed E-state index contributed by atoms with van der Waals surface area (Å²) in [4.78, 5) is 0. The molecule has 14 heavy (non-hydrogen) atoms. The van der Waals surface area contributed by atoms with Crippen molar-refractivity contribution >= 4 is 0 Å². The van der Waals surface area contributed by atoms with E-state index in [0.717, 1.165) is 0 Å². The van der Waals surface area contributed by atoms with E-state index >= 15 is 0 Å². The summed E-state index contributed by atoms with van der Waals surface area (Å²) in [5.41, 5.74) is 0. The molecule has 0 aromatic carbocycles. The summed E-state index contributed by atoms with van der Waals surface area (Å²) in [6.45, 7) is 0.103. The molecule has 0 spiro atoms. The first kappa shape index (κ1) is 11.8. The molecular weight excluding hydrogens is 192 g/mol. The Hall–Kier alpha value is -0.240. The van der Waals surface area contributed by atoms with Crippen molar-refractivity contribution in [3.63, 3.8) is 0 Å². The van der Waals surface area contributed by atoms with E-state index in [2.05, 4.69) is 0 Å². The highest BCUT2D eigenvalue weighted by Gasteiger charge is 2.43. The first-order valence-corrected chi connectivity index (χ1v) is 4.33. The molecule has 0 saturated carbocycles. The lowest BCUT2D eigenvalue weighted by atomic mass is 9.99. The molecule has 0 radical (unpaired) electrons. The summed E-state index contributed by atoms with van der Waals surface area (Å²) in [5, 5.41) is 28.5. The van der Waals surface area contributed by atoms with Crippen molar-refractivity contribution in [3.05, 3.63) is 0 Å². The van der Waals surface area contributed by atoms with Crippen molar-refractivity contribution in [1.82, 2.24) is 0 Å². The van der Waals surface area contributed by atoms with Crippen molar-refractivity contribution in [3.8, 4) is 0 Å². The highest BCUT2D eigenvalue weighted by molar-refractivity contribution is 4.89. The van der Waals surface area contributed by atoms with Gasteiger partial charge in [-0.05, 0) is 0 Å². The fourth-order valence-corrected chi connectivity index (χ4v) is 1.48. The van der Waals surface area contributed by atoms with Crippen LogP contribution in [0.1, 0.15) is 0 Å². The van der Waals surface area contributed by atoms with Crippen molar-refractivity contribution in [2.24, 2.45) is 0 Å². The largest absolute Gasteiger partial charge is 0.387 e. The van der Waals surface area contributed by atoms with E-state index < -0.39 is 30.7 Å². The van der Waals surface area contributed by atoms with Crippen molar-refractivity contribution in [2.75, 3.05) is 20.8 Å². The molecule has 5 atom stereocenters. The van der Waals surface area contributed by atoms with Crippen LogP contribution in [0.2, 0.25) is 0 Å². The van der Waals surface area contributed by atoms with Crippen LogP contribution in [0, 0.1) is 0 Å². The van der Waals surface area contributed by atoms with Crippen LogP contribution in [0.4, 0.5) is 0 Å². The Morgan fingerprint density at radius 1 is 1.14 bits per heavy atom. The Bertz CT molecular complexity index is 173. The molecular formula is C8H16O6. The lowest BCUT2D eigenvalue weighted by molar-refractivity contribution is -0.292. The maximum absolute atomic E-state index is 9.54. The number of aliphatic hydroxyl groups is 3. The van der Waals surface area contributed by atoms with E-state index in [0.29, 0.717) is 0 Å². The van der Waals surface area contributed by atoms with E-state index in [1.54, 1.807) is 0 Å². The van der Waals surface area contributed by atoms with Gasteiger partial charge in [0.1, 0.15) is 24.4 Å². The molecule has 1 rings (SSSR count). The molecule has 84 valence electrons. The molecule has 3 N–H and O–H groups in total. The average molecular weight is 208 g/mol. The predicted octanol–water partition coefficient (Wildman–Crippen LogP) is -1.91. The lowest BCUT2D eigenvalue weighted by Gasteiger charge is -2.39. The Kier molecular flexibility index (Phi) is 4.24. The molecule has 1 unspecified atom stereocenters. The smallest absolute Gasteiger partial charge is 0.184 e. The minimum Gasteiger partial charge on any atom is -0.387 e. The van der Waals surface area contributed by atoms with Gasteiger partial charge in [0.05, 0.1) is 6.61 Å². The van der Waals surface area contributed by atoms with E-state index in [4.69, 9.17) is 14.2 Å². The van der Waals surface area contributed by atoms with Gasteiger partial charge in [0.25, 0.3) is 0 Å². The molecule has 0 aromatic rings. The Morgan fingerprint density at radius 3 is 2.29 bits per heavy atom. The summed E-state index contributed by atoms with van der Waals surface area (Å²) < 4.78 is 14.6. The van der Waals surface area contributed by atoms with Crippen LogP contribution in [-0.4, -0.2) is 66.9 Å². The summed E-state index contributed by atoms with van der Waals surface area (Å²) in [6.07, 6.45) is -5.22. The molecule has 0 aliphatic carbocycles. The van der Waals surface area contributed by atoms with Crippen LogP contribution in [-0.2, 0) is 14.2 Å². The topological polar surface area (TPSA) is 88.4 Å². The molecule has 1 saturated heterocycles. The predicted molar refractivity (Wildman–Crippen MR) is 45.6 cm³/mol. The number of hydrogen-bond acceptors (Lipinski definition) is 6. The van der Waals surface area contributed by atoms with Crippen molar-refractivity contribution < 1.29 is 29.5 Å². The number of hydrogen-bond donors (Lipinski definition) is 3. The van der Waals surface area contributed by atoms with Gasteiger partial charge in [0, 0.05) is 14.2 Å². The van der Waals surface area contributed by atoms with Crippen LogP contribution in [0.15, 0.2) is 0 Å². The quantitative estimate of drug-likeness (QED) is 0.501. The minimum absolute atomic E-state index is 0.103. The minimum atomic E-state index is -1.25. The zero-order valence-corrected chi connectivity index (χ0v) is 8.16.